The molecule has 1 atom stereocenters. The molecule has 3 aromatic rings. The molecule has 0 radical (unpaired) electrons. The Morgan fingerprint density at radius 3 is 2.55 bits per heavy atom. The Balaban J connectivity index is 1.31. The normalized spacial score (nSPS) is 17.8. The maximum Gasteiger partial charge on any atom is 0.273 e. The van der Waals surface area contributed by atoms with E-state index in [2.05, 4.69) is 24.5 Å². The van der Waals surface area contributed by atoms with Crippen molar-refractivity contribution in [2.45, 2.75) is 30.8 Å². The molecule has 3 heterocycles. The van der Waals surface area contributed by atoms with Gasteiger partial charge in [0.05, 0.1) is 10.7 Å². The number of nitrogens with one attached hydrogen (secondary N) is 1. The van der Waals surface area contributed by atoms with E-state index < -0.39 is 11.4 Å². The van der Waals surface area contributed by atoms with Crippen LogP contribution >= 0.6 is 11.6 Å². The standard InChI is InChI=1S/C24H25ClFN5OS/c1-16-18(4-2-5-20(16)26)24-19(25)10-11-21(27-24)29-33(32)23-7-3-6-22(28-23)31-14-12-30(13-15-31)17-8-9-17/h2-7,10-11,17H,8-9,12-15H2,1H3,(H,27,29). The molecule has 33 heavy (non-hydrogen) atoms. The molecule has 172 valence electrons. The van der Waals surface area contributed by atoms with Crippen LogP contribution in [0.25, 0.3) is 11.3 Å². The number of hydrogen-bond acceptors (Lipinski definition) is 6. The van der Waals surface area contributed by atoms with Gasteiger partial charge in [-0.3, -0.25) is 4.90 Å². The summed E-state index contributed by atoms with van der Waals surface area (Å²) in [5.74, 6) is 0.881. The van der Waals surface area contributed by atoms with Crippen molar-refractivity contribution in [2.75, 3.05) is 35.8 Å². The number of halogens is 2. The SMILES string of the molecule is Cc1c(F)cccc1-c1nc(N[S+]([O-])c2cccc(N3CCN(C4CC4)CC3)n2)ccc1Cl. The highest BCUT2D eigenvalue weighted by molar-refractivity contribution is 7.92. The zero-order valence-corrected chi connectivity index (χ0v) is 19.9. The number of nitrogens with zero attached hydrogens (tertiary/aromatic N) is 4. The van der Waals surface area contributed by atoms with Gasteiger partial charge in [-0.25, -0.2) is 9.37 Å². The van der Waals surface area contributed by atoms with Gasteiger partial charge in [0.25, 0.3) is 5.03 Å². The van der Waals surface area contributed by atoms with E-state index in [1.165, 1.54) is 18.9 Å². The fraction of sp³-hybridized carbons (Fsp3) is 0.333. The van der Waals surface area contributed by atoms with Gasteiger partial charge in [-0.05, 0) is 49.6 Å². The van der Waals surface area contributed by atoms with Crippen LogP contribution in [0.4, 0.5) is 16.0 Å². The highest BCUT2D eigenvalue weighted by Gasteiger charge is 2.31. The van der Waals surface area contributed by atoms with Gasteiger partial charge in [0, 0.05) is 43.9 Å². The van der Waals surface area contributed by atoms with Crippen molar-refractivity contribution in [2.24, 2.45) is 0 Å². The first kappa shape index (κ1) is 22.4. The van der Waals surface area contributed by atoms with E-state index in [-0.39, 0.29) is 5.82 Å². The second kappa shape index (κ2) is 9.46. The molecule has 2 fully saturated rings. The lowest BCUT2D eigenvalue weighted by molar-refractivity contribution is 0.247. The third kappa shape index (κ3) is 4.94. The van der Waals surface area contributed by atoms with Crippen LogP contribution < -0.4 is 9.62 Å². The monoisotopic (exact) mass is 485 g/mol. The Labute approximate surface area is 201 Å². The number of piperazine rings is 1. The van der Waals surface area contributed by atoms with Gasteiger partial charge in [0.2, 0.25) is 0 Å². The van der Waals surface area contributed by atoms with Crippen LogP contribution in [0, 0.1) is 12.7 Å². The molecule has 1 saturated carbocycles. The summed E-state index contributed by atoms with van der Waals surface area (Å²) in [5, 5.41) is 0.822. The van der Waals surface area contributed by atoms with Crippen molar-refractivity contribution >= 4 is 34.6 Å². The minimum Gasteiger partial charge on any atom is -0.587 e. The van der Waals surface area contributed by atoms with E-state index in [0.717, 1.165) is 38.0 Å². The molecule has 5 rings (SSSR count). The topological polar surface area (TPSA) is 67.4 Å². The predicted molar refractivity (Wildman–Crippen MR) is 130 cm³/mol. The molecule has 0 bridgehead atoms. The highest BCUT2D eigenvalue weighted by atomic mass is 35.5. The first-order valence-corrected chi connectivity index (χ1v) is 12.6. The van der Waals surface area contributed by atoms with Crippen molar-refractivity contribution in [3.05, 3.63) is 64.9 Å². The number of anilines is 2. The molecule has 1 saturated heterocycles. The molecule has 1 N–H and O–H groups in total. The summed E-state index contributed by atoms with van der Waals surface area (Å²) < 4.78 is 30.0. The summed E-state index contributed by atoms with van der Waals surface area (Å²) in [4.78, 5) is 13.9. The van der Waals surface area contributed by atoms with Crippen LogP contribution in [0.5, 0.6) is 0 Å². The molecule has 1 aliphatic carbocycles. The van der Waals surface area contributed by atoms with Crippen LogP contribution in [0.2, 0.25) is 5.02 Å². The zero-order valence-electron chi connectivity index (χ0n) is 18.3. The minimum atomic E-state index is -1.61. The molecule has 1 unspecified atom stereocenters. The Morgan fingerprint density at radius 2 is 1.79 bits per heavy atom. The molecule has 2 aliphatic rings. The first-order chi connectivity index (χ1) is 16.0. The molecule has 1 aliphatic heterocycles. The average Bonchev–Trinajstić information content (AvgIpc) is 3.68. The number of benzene rings is 1. The maximum absolute atomic E-state index is 14.0. The second-order valence-electron chi connectivity index (χ2n) is 8.40. The lowest BCUT2D eigenvalue weighted by Gasteiger charge is -2.35. The van der Waals surface area contributed by atoms with E-state index in [0.29, 0.717) is 32.7 Å². The van der Waals surface area contributed by atoms with Crippen LogP contribution in [-0.2, 0) is 11.4 Å². The summed E-state index contributed by atoms with van der Waals surface area (Å²) in [5.41, 5.74) is 1.49. The minimum absolute atomic E-state index is 0.328. The molecular weight excluding hydrogens is 461 g/mol. The van der Waals surface area contributed by atoms with Gasteiger partial charge in [0.15, 0.2) is 5.82 Å². The van der Waals surface area contributed by atoms with Gasteiger partial charge in [-0.2, -0.15) is 9.71 Å². The van der Waals surface area contributed by atoms with Gasteiger partial charge in [-0.1, -0.05) is 29.8 Å². The number of pyridine rings is 2. The van der Waals surface area contributed by atoms with Crippen molar-refractivity contribution in [3.63, 3.8) is 0 Å². The predicted octanol–water partition coefficient (Wildman–Crippen LogP) is 4.66. The fourth-order valence-electron chi connectivity index (χ4n) is 4.14. The van der Waals surface area contributed by atoms with Crippen LogP contribution in [0.1, 0.15) is 18.4 Å². The number of hydrogen-bond donors (Lipinski definition) is 1. The van der Waals surface area contributed by atoms with E-state index in [1.807, 2.05) is 12.1 Å². The number of rotatable bonds is 6. The summed E-state index contributed by atoms with van der Waals surface area (Å²) in [6.45, 7) is 5.59. The zero-order chi connectivity index (χ0) is 22.9. The molecule has 1 aromatic carbocycles. The maximum atomic E-state index is 14.0. The second-order valence-corrected chi connectivity index (χ2v) is 9.97. The van der Waals surface area contributed by atoms with Crippen LogP contribution in [-0.4, -0.2) is 51.6 Å². The van der Waals surface area contributed by atoms with E-state index in [4.69, 9.17) is 11.6 Å². The molecule has 0 amide bonds. The Bertz CT molecular complexity index is 1150. The quantitative estimate of drug-likeness (QED) is 0.512. The van der Waals surface area contributed by atoms with E-state index in [1.54, 1.807) is 37.3 Å². The molecular formula is C24H25ClFN5OS. The van der Waals surface area contributed by atoms with Crippen molar-refractivity contribution in [3.8, 4) is 11.3 Å². The Kier molecular flexibility index (Phi) is 6.42. The molecule has 0 spiro atoms. The average molecular weight is 486 g/mol. The van der Waals surface area contributed by atoms with Gasteiger partial charge in [0.1, 0.15) is 23.0 Å². The van der Waals surface area contributed by atoms with Gasteiger partial charge >= 0.3 is 0 Å². The lowest BCUT2D eigenvalue weighted by Crippen LogP contribution is -2.47. The molecule has 2 aromatic heterocycles. The summed E-state index contributed by atoms with van der Waals surface area (Å²) >= 11 is 4.73. The van der Waals surface area contributed by atoms with Crippen LogP contribution in [0.3, 0.4) is 0 Å². The third-order valence-electron chi connectivity index (χ3n) is 6.17. The lowest BCUT2D eigenvalue weighted by atomic mass is 10.0. The van der Waals surface area contributed by atoms with Crippen LogP contribution in [0.15, 0.2) is 53.6 Å². The third-order valence-corrected chi connectivity index (χ3v) is 7.47. The number of aromatic nitrogens is 2. The first-order valence-electron chi connectivity index (χ1n) is 11.1. The summed E-state index contributed by atoms with van der Waals surface area (Å²) in [7, 11) is 0. The Morgan fingerprint density at radius 1 is 1.03 bits per heavy atom. The largest absolute Gasteiger partial charge is 0.587 e. The Hall–Kier alpha value is -2.39. The molecule has 6 nitrogen and oxygen atoms in total. The van der Waals surface area contributed by atoms with E-state index >= 15 is 0 Å². The van der Waals surface area contributed by atoms with E-state index in [9.17, 15) is 8.94 Å². The van der Waals surface area contributed by atoms with Crippen molar-refractivity contribution in [1.82, 2.24) is 14.9 Å². The van der Waals surface area contributed by atoms with Crippen molar-refractivity contribution < 1.29 is 8.94 Å². The molecule has 9 heteroatoms. The summed E-state index contributed by atoms with van der Waals surface area (Å²) in [6.07, 6.45) is 2.63. The van der Waals surface area contributed by atoms with Crippen molar-refractivity contribution in [1.29, 1.82) is 0 Å². The summed E-state index contributed by atoms with van der Waals surface area (Å²) in [6, 6.07) is 14.4. The van der Waals surface area contributed by atoms with Gasteiger partial charge < -0.3 is 9.45 Å². The highest BCUT2D eigenvalue weighted by Crippen LogP contribution is 2.32. The van der Waals surface area contributed by atoms with Gasteiger partial charge in [-0.15, -0.1) is 0 Å². The smallest absolute Gasteiger partial charge is 0.273 e. The fourth-order valence-corrected chi connectivity index (χ4v) is 5.13.